The standard InChI is InChI=1S/C26H27ClN6O3/c27-21-13-18(4-5-24(21)36-16-19-3-1-2-6-29-19)32-26-20-14-22(28)25(15-23(20)30-17-31-26)35-12-9-33-7-10-34-11-8-33/h1-6,13-15,17H,7-12,16,28H2,(H,30,31,32). The molecule has 36 heavy (non-hydrogen) atoms. The third-order valence-corrected chi connectivity index (χ3v) is 6.13. The maximum atomic E-state index is 6.47. The van der Waals surface area contributed by atoms with Gasteiger partial charge in [-0.25, -0.2) is 9.97 Å². The highest BCUT2D eigenvalue weighted by Crippen LogP contribution is 2.33. The molecular formula is C26H27ClN6O3. The Morgan fingerprint density at radius 3 is 2.69 bits per heavy atom. The molecular weight excluding hydrogens is 480 g/mol. The molecule has 3 heterocycles. The number of aromatic nitrogens is 3. The Balaban J connectivity index is 1.26. The van der Waals surface area contributed by atoms with Crippen LogP contribution < -0.4 is 20.5 Å². The van der Waals surface area contributed by atoms with E-state index in [2.05, 4.69) is 25.2 Å². The van der Waals surface area contributed by atoms with E-state index in [0.717, 1.165) is 55.1 Å². The van der Waals surface area contributed by atoms with E-state index in [4.69, 9.17) is 31.5 Å². The number of nitrogens with zero attached hydrogens (tertiary/aromatic N) is 4. The number of anilines is 3. The highest BCUT2D eigenvalue weighted by atomic mass is 35.5. The first-order valence-corrected chi connectivity index (χ1v) is 12.1. The van der Waals surface area contributed by atoms with Crippen molar-refractivity contribution in [2.45, 2.75) is 6.61 Å². The van der Waals surface area contributed by atoms with Crippen molar-refractivity contribution >= 4 is 39.7 Å². The van der Waals surface area contributed by atoms with Crippen LogP contribution in [-0.2, 0) is 11.3 Å². The summed E-state index contributed by atoms with van der Waals surface area (Å²) in [6.45, 7) is 5.05. The summed E-state index contributed by atoms with van der Waals surface area (Å²) in [6, 6.07) is 14.8. The third kappa shape index (κ3) is 5.93. The Bertz CT molecular complexity index is 1320. The van der Waals surface area contributed by atoms with Gasteiger partial charge in [-0.15, -0.1) is 0 Å². The van der Waals surface area contributed by atoms with Gasteiger partial charge in [0, 0.05) is 43.0 Å². The fourth-order valence-corrected chi connectivity index (χ4v) is 4.14. The van der Waals surface area contributed by atoms with Crippen LogP contribution in [0.3, 0.4) is 0 Å². The van der Waals surface area contributed by atoms with Gasteiger partial charge in [0.1, 0.15) is 36.9 Å². The molecule has 186 valence electrons. The minimum absolute atomic E-state index is 0.333. The number of ether oxygens (including phenoxy) is 3. The van der Waals surface area contributed by atoms with Gasteiger partial charge in [0.25, 0.3) is 0 Å². The predicted molar refractivity (Wildman–Crippen MR) is 140 cm³/mol. The first kappa shape index (κ1) is 24.1. The largest absolute Gasteiger partial charge is 0.490 e. The molecule has 1 fully saturated rings. The first-order valence-electron chi connectivity index (χ1n) is 11.7. The molecule has 9 nitrogen and oxygen atoms in total. The average molecular weight is 507 g/mol. The lowest BCUT2D eigenvalue weighted by atomic mass is 10.2. The summed E-state index contributed by atoms with van der Waals surface area (Å²) in [6.07, 6.45) is 3.23. The smallest absolute Gasteiger partial charge is 0.144 e. The Morgan fingerprint density at radius 1 is 1.00 bits per heavy atom. The highest BCUT2D eigenvalue weighted by Gasteiger charge is 2.13. The van der Waals surface area contributed by atoms with Crippen LogP contribution in [-0.4, -0.2) is 59.3 Å². The number of fused-ring (bicyclic) bond motifs is 1. The number of morpholine rings is 1. The van der Waals surface area contributed by atoms with Crippen molar-refractivity contribution in [1.82, 2.24) is 19.9 Å². The summed E-state index contributed by atoms with van der Waals surface area (Å²) in [4.78, 5) is 15.4. The van der Waals surface area contributed by atoms with E-state index in [1.807, 2.05) is 42.5 Å². The van der Waals surface area contributed by atoms with Gasteiger partial charge in [-0.3, -0.25) is 9.88 Å². The molecule has 3 N–H and O–H groups in total. The van der Waals surface area contributed by atoms with Crippen LogP contribution in [0, 0.1) is 0 Å². The van der Waals surface area contributed by atoms with E-state index in [0.29, 0.717) is 41.2 Å². The van der Waals surface area contributed by atoms with Gasteiger partial charge in [-0.2, -0.15) is 0 Å². The molecule has 5 rings (SSSR count). The quantitative estimate of drug-likeness (QED) is 0.321. The lowest BCUT2D eigenvalue weighted by Gasteiger charge is -2.26. The predicted octanol–water partition coefficient (Wildman–Crippen LogP) is 4.29. The summed E-state index contributed by atoms with van der Waals surface area (Å²) < 4.78 is 17.2. The van der Waals surface area contributed by atoms with E-state index in [-0.39, 0.29) is 0 Å². The van der Waals surface area contributed by atoms with Crippen molar-refractivity contribution in [3.8, 4) is 11.5 Å². The van der Waals surface area contributed by atoms with Gasteiger partial charge in [0.2, 0.25) is 0 Å². The zero-order chi connectivity index (χ0) is 24.7. The number of halogens is 1. The molecule has 1 aliphatic rings. The number of benzene rings is 2. The second kappa shape index (κ2) is 11.4. The second-order valence-electron chi connectivity index (χ2n) is 8.31. The molecule has 2 aromatic carbocycles. The zero-order valence-electron chi connectivity index (χ0n) is 19.7. The first-order chi connectivity index (χ1) is 17.7. The molecule has 1 aliphatic heterocycles. The monoisotopic (exact) mass is 506 g/mol. The summed E-state index contributed by atoms with van der Waals surface area (Å²) >= 11 is 6.47. The fraction of sp³-hybridized carbons (Fsp3) is 0.269. The topological polar surface area (TPSA) is 108 Å². The average Bonchev–Trinajstić information content (AvgIpc) is 2.90. The van der Waals surface area contributed by atoms with Crippen LogP contribution >= 0.6 is 11.6 Å². The lowest BCUT2D eigenvalue weighted by molar-refractivity contribution is 0.0323. The summed E-state index contributed by atoms with van der Waals surface area (Å²) in [5.41, 5.74) is 9.14. The van der Waals surface area contributed by atoms with E-state index in [9.17, 15) is 0 Å². The van der Waals surface area contributed by atoms with Crippen LogP contribution in [0.4, 0.5) is 17.2 Å². The van der Waals surface area contributed by atoms with Gasteiger partial charge < -0.3 is 25.3 Å². The summed E-state index contributed by atoms with van der Waals surface area (Å²) in [5, 5.41) is 4.56. The van der Waals surface area contributed by atoms with Gasteiger partial charge >= 0.3 is 0 Å². The van der Waals surface area contributed by atoms with Crippen molar-refractivity contribution in [3.63, 3.8) is 0 Å². The van der Waals surface area contributed by atoms with E-state index >= 15 is 0 Å². The Morgan fingerprint density at radius 2 is 1.89 bits per heavy atom. The molecule has 2 aromatic heterocycles. The molecule has 0 radical (unpaired) electrons. The maximum absolute atomic E-state index is 6.47. The van der Waals surface area contributed by atoms with Gasteiger partial charge in [0.15, 0.2) is 0 Å². The zero-order valence-corrected chi connectivity index (χ0v) is 20.4. The molecule has 0 bridgehead atoms. The molecule has 4 aromatic rings. The molecule has 10 heteroatoms. The Kier molecular flexibility index (Phi) is 7.61. The molecule has 0 unspecified atom stereocenters. The fourth-order valence-electron chi connectivity index (χ4n) is 3.90. The van der Waals surface area contributed by atoms with Crippen LogP contribution in [0.5, 0.6) is 11.5 Å². The van der Waals surface area contributed by atoms with E-state index in [1.54, 1.807) is 12.3 Å². The van der Waals surface area contributed by atoms with Crippen LogP contribution in [0.15, 0.2) is 61.1 Å². The minimum Gasteiger partial charge on any atom is -0.490 e. The molecule has 0 amide bonds. The SMILES string of the molecule is Nc1cc2c(Nc3ccc(OCc4ccccn4)c(Cl)c3)ncnc2cc1OCCN1CCOCC1. The van der Waals surface area contributed by atoms with Crippen LogP contribution in [0.25, 0.3) is 10.9 Å². The van der Waals surface area contributed by atoms with E-state index < -0.39 is 0 Å². The number of nitrogens with one attached hydrogen (secondary N) is 1. The summed E-state index contributed by atoms with van der Waals surface area (Å²) in [7, 11) is 0. The Hall–Kier alpha value is -3.66. The molecule has 1 saturated heterocycles. The maximum Gasteiger partial charge on any atom is 0.144 e. The van der Waals surface area contributed by atoms with Crippen molar-refractivity contribution in [2.24, 2.45) is 0 Å². The van der Waals surface area contributed by atoms with Gasteiger partial charge in [0.05, 0.1) is 35.1 Å². The van der Waals surface area contributed by atoms with Gasteiger partial charge in [-0.1, -0.05) is 17.7 Å². The number of pyridine rings is 1. The number of hydrogen-bond acceptors (Lipinski definition) is 9. The number of nitrogens with two attached hydrogens (primary N) is 1. The van der Waals surface area contributed by atoms with Crippen molar-refractivity contribution in [1.29, 1.82) is 0 Å². The number of hydrogen-bond donors (Lipinski definition) is 2. The van der Waals surface area contributed by atoms with E-state index in [1.165, 1.54) is 6.33 Å². The normalized spacial score (nSPS) is 14.0. The number of nitrogen functional groups attached to an aromatic ring is 1. The highest BCUT2D eigenvalue weighted by molar-refractivity contribution is 6.32. The van der Waals surface area contributed by atoms with Crippen molar-refractivity contribution in [2.75, 3.05) is 50.5 Å². The summed E-state index contributed by atoms with van der Waals surface area (Å²) in [5.74, 6) is 1.80. The second-order valence-corrected chi connectivity index (χ2v) is 8.72. The lowest BCUT2D eigenvalue weighted by Crippen LogP contribution is -2.38. The van der Waals surface area contributed by atoms with Gasteiger partial charge in [-0.05, 0) is 36.4 Å². The third-order valence-electron chi connectivity index (χ3n) is 5.83. The van der Waals surface area contributed by atoms with Crippen molar-refractivity contribution < 1.29 is 14.2 Å². The Labute approximate surface area is 214 Å². The van der Waals surface area contributed by atoms with Crippen molar-refractivity contribution in [3.05, 3.63) is 71.8 Å². The van der Waals surface area contributed by atoms with Crippen LogP contribution in [0.1, 0.15) is 5.69 Å². The molecule has 0 saturated carbocycles. The minimum atomic E-state index is 0.333. The molecule has 0 aliphatic carbocycles. The molecule has 0 spiro atoms. The number of rotatable bonds is 9. The van der Waals surface area contributed by atoms with Crippen LogP contribution in [0.2, 0.25) is 5.02 Å². The molecule has 0 atom stereocenters.